The van der Waals surface area contributed by atoms with Crippen molar-refractivity contribution in [2.24, 2.45) is 0 Å². The first kappa shape index (κ1) is 16.9. The molecule has 0 aromatic carbocycles. The van der Waals surface area contributed by atoms with E-state index in [1.165, 1.54) is 11.3 Å². The summed E-state index contributed by atoms with van der Waals surface area (Å²) in [5.41, 5.74) is 1.72. The number of hydrogen-bond donors (Lipinski definition) is 1. The highest BCUT2D eigenvalue weighted by Gasteiger charge is 2.15. The van der Waals surface area contributed by atoms with Crippen LogP contribution in [0.5, 0.6) is 0 Å². The Labute approximate surface area is 155 Å². The van der Waals surface area contributed by atoms with Crippen LogP contribution in [-0.2, 0) is 6.54 Å². The number of likely N-dealkylation sites (N-methyl/N-ethyl adjacent to an activating group) is 1. The van der Waals surface area contributed by atoms with E-state index >= 15 is 0 Å². The van der Waals surface area contributed by atoms with Gasteiger partial charge in [0.15, 0.2) is 5.01 Å². The fourth-order valence-electron chi connectivity index (χ4n) is 2.87. The van der Waals surface area contributed by atoms with Gasteiger partial charge in [0.1, 0.15) is 16.2 Å². The first-order valence-electron chi connectivity index (χ1n) is 8.57. The second-order valence-corrected chi connectivity index (χ2v) is 7.32. The summed E-state index contributed by atoms with van der Waals surface area (Å²) in [5.74, 6) is 0.807. The quantitative estimate of drug-likeness (QED) is 0.757. The van der Waals surface area contributed by atoms with Crippen molar-refractivity contribution in [3.05, 3.63) is 47.2 Å². The molecule has 1 amide bonds. The number of thiazole rings is 1. The fourth-order valence-corrected chi connectivity index (χ4v) is 3.69. The first-order valence-corrected chi connectivity index (χ1v) is 9.39. The number of piperazine rings is 1. The Morgan fingerprint density at radius 2 is 2.04 bits per heavy atom. The average molecular weight is 368 g/mol. The zero-order valence-corrected chi connectivity index (χ0v) is 15.4. The van der Waals surface area contributed by atoms with E-state index in [2.05, 4.69) is 37.1 Å². The van der Waals surface area contributed by atoms with Gasteiger partial charge < -0.3 is 15.1 Å². The van der Waals surface area contributed by atoms with E-state index in [0.29, 0.717) is 11.6 Å². The van der Waals surface area contributed by atoms with E-state index in [9.17, 15) is 4.79 Å². The van der Waals surface area contributed by atoms with Gasteiger partial charge in [-0.15, -0.1) is 0 Å². The van der Waals surface area contributed by atoms with Crippen molar-refractivity contribution in [3.63, 3.8) is 0 Å². The van der Waals surface area contributed by atoms with Crippen molar-refractivity contribution in [3.8, 4) is 0 Å². The van der Waals surface area contributed by atoms with Gasteiger partial charge in [0.25, 0.3) is 5.91 Å². The summed E-state index contributed by atoms with van der Waals surface area (Å²) >= 11 is 1.30. The molecule has 0 atom stereocenters. The zero-order chi connectivity index (χ0) is 17.9. The Balaban J connectivity index is 1.36. The maximum Gasteiger partial charge on any atom is 0.280 e. The van der Waals surface area contributed by atoms with Crippen molar-refractivity contribution >= 4 is 33.4 Å². The predicted molar refractivity (Wildman–Crippen MR) is 103 cm³/mol. The molecule has 0 unspecified atom stereocenters. The van der Waals surface area contributed by atoms with Crippen LogP contribution in [0.2, 0.25) is 0 Å². The molecule has 134 valence electrons. The van der Waals surface area contributed by atoms with Crippen LogP contribution >= 0.6 is 11.3 Å². The number of anilines is 1. The largest absolute Gasteiger partial charge is 0.354 e. The van der Waals surface area contributed by atoms with Crippen LogP contribution in [0.1, 0.15) is 15.4 Å². The molecule has 3 aromatic rings. The standard InChI is InChI=1S/C18H20N6OS/c1-23-7-9-24(10-8-23)15-5-4-13(11-20-15)12-21-16(25)18-22-14-3-2-6-19-17(14)26-18/h2-6,11H,7-10,12H2,1H3,(H,21,25). The molecule has 3 aromatic heterocycles. The van der Waals surface area contributed by atoms with Gasteiger partial charge in [-0.25, -0.2) is 15.0 Å². The Hall–Kier alpha value is -2.58. The lowest BCUT2D eigenvalue weighted by atomic mass is 10.2. The van der Waals surface area contributed by atoms with Crippen molar-refractivity contribution in [1.82, 2.24) is 25.2 Å². The Morgan fingerprint density at radius 3 is 2.77 bits per heavy atom. The molecule has 1 aliphatic heterocycles. The van der Waals surface area contributed by atoms with Crippen LogP contribution in [0.4, 0.5) is 5.82 Å². The summed E-state index contributed by atoms with van der Waals surface area (Å²) in [6.45, 7) is 4.52. The van der Waals surface area contributed by atoms with Gasteiger partial charge in [0, 0.05) is 45.1 Å². The number of fused-ring (bicyclic) bond motifs is 1. The van der Waals surface area contributed by atoms with Crippen LogP contribution < -0.4 is 10.2 Å². The maximum atomic E-state index is 12.3. The van der Waals surface area contributed by atoms with E-state index < -0.39 is 0 Å². The minimum atomic E-state index is -0.184. The lowest BCUT2D eigenvalue weighted by Gasteiger charge is -2.33. The molecule has 0 spiro atoms. The highest BCUT2D eigenvalue weighted by atomic mass is 32.1. The first-order chi connectivity index (χ1) is 12.7. The van der Waals surface area contributed by atoms with E-state index in [1.54, 1.807) is 6.20 Å². The summed E-state index contributed by atoms with van der Waals surface area (Å²) < 4.78 is 0. The molecule has 1 fully saturated rings. The number of carbonyl (C=O) groups excluding carboxylic acids is 1. The Kier molecular flexibility index (Phi) is 4.77. The molecular weight excluding hydrogens is 348 g/mol. The van der Waals surface area contributed by atoms with Crippen LogP contribution in [0.15, 0.2) is 36.7 Å². The number of pyridine rings is 2. The number of amides is 1. The Morgan fingerprint density at radius 1 is 1.19 bits per heavy atom. The van der Waals surface area contributed by atoms with Crippen LogP contribution in [0, 0.1) is 0 Å². The predicted octanol–water partition coefficient (Wildman–Crippen LogP) is 1.77. The molecule has 1 N–H and O–H groups in total. The molecule has 1 saturated heterocycles. The van der Waals surface area contributed by atoms with Crippen molar-refractivity contribution < 1.29 is 4.79 Å². The lowest BCUT2D eigenvalue weighted by molar-refractivity contribution is 0.0950. The summed E-state index contributed by atoms with van der Waals surface area (Å²) in [6.07, 6.45) is 3.53. The molecule has 1 aliphatic rings. The number of rotatable bonds is 4. The number of hydrogen-bond acceptors (Lipinski definition) is 7. The average Bonchev–Trinajstić information content (AvgIpc) is 3.11. The normalized spacial score (nSPS) is 15.3. The summed E-state index contributed by atoms with van der Waals surface area (Å²) in [7, 11) is 2.14. The van der Waals surface area contributed by atoms with E-state index in [0.717, 1.165) is 47.9 Å². The second kappa shape index (κ2) is 7.35. The van der Waals surface area contributed by atoms with Crippen LogP contribution in [0.3, 0.4) is 0 Å². The topological polar surface area (TPSA) is 74.2 Å². The van der Waals surface area contributed by atoms with E-state index in [1.807, 2.05) is 30.5 Å². The van der Waals surface area contributed by atoms with Crippen LogP contribution in [-0.4, -0.2) is 59.0 Å². The van der Waals surface area contributed by atoms with Gasteiger partial charge in [-0.2, -0.15) is 0 Å². The fraction of sp³-hybridized carbons (Fsp3) is 0.333. The SMILES string of the molecule is CN1CCN(c2ccc(CNC(=O)c3nc4cccnc4s3)cn2)CC1. The van der Waals surface area contributed by atoms with Crippen LogP contribution in [0.25, 0.3) is 10.3 Å². The maximum absolute atomic E-state index is 12.3. The van der Waals surface area contributed by atoms with Gasteiger partial charge in [0.05, 0.1) is 0 Å². The monoisotopic (exact) mass is 368 g/mol. The minimum Gasteiger partial charge on any atom is -0.354 e. The molecule has 0 saturated carbocycles. The molecule has 4 heterocycles. The summed E-state index contributed by atoms with van der Waals surface area (Å²) in [5, 5.41) is 3.33. The molecule has 4 rings (SSSR count). The van der Waals surface area contributed by atoms with Gasteiger partial charge in [-0.05, 0) is 30.8 Å². The molecular formula is C18H20N6OS. The lowest BCUT2D eigenvalue weighted by Crippen LogP contribution is -2.44. The van der Waals surface area contributed by atoms with E-state index in [4.69, 9.17) is 0 Å². The van der Waals surface area contributed by atoms with Gasteiger partial charge >= 0.3 is 0 Å². The van der Waals surface area contributed by atoms with Crippen molar-refractivity contribution in [2.45, 2.75) is 6.54 Å². The summed E-state index contributed by atoms with van der Waals surface area (Å²) in [6, 6.07) is 7.71. The zero-order valence-electron chi connectivity index (χ0n) is 14.6. The molecule has 0 aliphatic carbocycles. The third kappa shape index (κ3) is 3.66. The third-order valence-electron chi connectivity index (χ3n) is 4.45. The summed E-state index contributed by atoms with van der Waals surface area (Å²) in [4.78, 5) is 30.8. The smallest absolute Gasteiger partial charge is 0.280 e. The second-order valence-electron chi connectivity index (χ2n) is 6.34. The van der Waals surface area contributed by atoms with Crippen molar-refractivity contribution in [2.75, 3.05) is 38.1 Å². The molecule has 0 bridgehead atoms. The highest BCUT2D eigenvalue weighted by molar-refractivity contribution is 7.19. The number of nitrogens with one attached hydrogen (secondary N) is 1. The minimum absolute atomic E-state index is 0.184. The van der Waals surface area contributed by atoms with Crippen molar-refractivity contribution in [1.29, 1.82) is 0 Å². The molecule has 26 heavy (non-hydrogen) atoms. The number of aromatic nitrogens is 3. The number of carbonyl (C=O) groups is 1. The Bertz CT molecular complexity index is 868. The van der Waals surface area contributed by atoms with Gasteiger partial charge in [-0.1, -0.05) is 17.4 Å². The third-order valence-corrected chi connectivity index (χ3v) is 5.43. The molecule has 8 heteroatoms. The van der Waals surface area contributed by atoms with Gasteiger partial charge in [-0.3, -0.25) is 4.79 Å². The van der Waals surface area contributed by atoms with E-state index in [-0.39, 0.29) is 5.91 Å². The molecule has 0 radical (unpaired) electrons. The molecule has 7 nitrogen and oxygen atoms in total. The highest BCUT2D eigenvalue weighted by Crippen LogP contribution is 2.19. The number of nitrogens with zero attached hydrogens (tertiary/aromatic N) is 5. The van der Waals surface area contributed by atoms with Gasteiger partial charge in [0.2, 0.25) is 0 Å².